The van der Waals surface area contributed by atoms with Crippen molar-refractivity contribution in [3.05, 3.63) is 0 Å². The Balaban J connectivity index is 2.13. The van der Waals surface area contributed by atoms with Crippen molar-refractivity contribution in [2.45, 2.75) is 44.0 Å². The fourth-order valence-electron chi connectivity index (χ4n) is 2.13. The maximum Gasteiger partial charge on any atom is 0.321 e. The minimum absolute atomic E-state index is 0.474. The highest BCUT2D eigenvalue weighted by atomic mass is 35.5. The lowest BCUT2D eigenvalue weighted by Crippen LogP contribution is -2.45. The van der Waals surface area contributed by atoms with Crippen LogP contribution in [-0.4, -0.2) is 48.4 Å². The van der Waals surface area contributed by atoms with E-state index in [1.165, 1.54) is 32.6 Å². The number of hydrogen-bond donors (Lipinski definition) is 2. The molecule has 0 spiro atoms. The molecule has 0 radical (unpaired) electrons. The molecule has 0 aliphatic heterocycles. The number of halogens is 1. The number of rotatable bonds is 5. The van der Waals surface area contributed by atoms with E-state index in [-0.39, 0.29) is 0 Å². The van der Waals surface area contributed by atoms with E-state index in [2.05, 4.69) is 22.6 Å². The zero-order chi connectivity index (χ0) is 13.5. The summed E-state index contributed by atoms with van der Waals surface area (Å²) in [5.74, 6) is -0.474. The number of amides is 3. The molecule has 5 nitrogen and oxygen atoms in total. The maximum atomic E-state index is 11.3. The fourth-order valence-corrected chi connectivity index (χ4v) is 2.18. The van der Waals surface area contributed by atoms with Crippen LogP contribution >= 0.6 is 11.6 Å². The number of alkyl halides is 1. The molecule has 104 valence electrons. The lowest BCUT2D eigenvalue weighted by atomic mass is 10.2. The second kappa shape index (κ2) is 7.59. The number of imide groups is 1. The number of hydrogen-bond acceptors (Lipinski definition) is 3. The van der Waals surface area contributed by atoms with Crippen LogP contribution in [0.25, 0.3) is 0 Å². The SMILES string of the molecule is CC(Cl)C(=O)NC(=O)NCCN(C)C1CCCC1. The molecule has 1 rings (SSSR count). The van der Waals surface area contributed by atoms with Crippen LogP contribution < -0.4 is 10.6 Å². The maximum absolute atomic E-state index is 11.3. The van der Waals surface area contributed by atoms with E-state index in [1.54, 1.807) is 0 Å². The Morgan fingerprint density at radius 3 is 2.56 bits per heavy atom. The first kappa shape index (κ1) is 15.2. The molecule has 1 aliphatic carbocycles. The minimum atomic E-state index is -0.697. The van der Waals surface area contributed by atoms with Gasteiger partial charge >= 0.3 is 6.03 Å². The van der Waals surface area contributed by atoms with Gasteiger partial charge in [-0.1, -0.05) is 12.8 Å². The smallest absolute Gasteiger partial charge is 0.321 e. The molecule has 1 fully saturated rings. The normalized spacial score (nSPS) is 17.8. The molecule has 6 heteroatoms. The second-order valence-corrected chi connectivity index (χ2v) is 5.43. The quantitative estimate of drug-likeness (QED) is 0.744. The first-order chi connectivity index (χ1) is 8.50. The number of nitrogens with zero attached hydrogens (tertiary/aromatic N) is 1. The molecular weight excluding hydrogens is 254 g/mol. The summed E-state index contributed by atoms with van der Waals surface area (Å²) >= 11 is 5.54. The van der Waals surface area contributed by atoms with Crippen molar-refractivity contribution in [3.63, 3.8) is 0 Å². The van der Waals surface area contributed by atoms with Gasteiger partial charge in [-0.15, -0.1) is 11.6 Å². The Hall–Kier alpha value is -0.810. The van der Waals surface area contributed by atoms with E-state index in [1.807, 2.05) is 0 Å². The summed E-state index contributed by atoms with van der Waals surface area (Å²) in [7, 11) is 2.07. The van der Waals surface area contributed by atoms with Gasteiger partial charge in [0.2, 0.25) is 5.91 Å². The average Bonchev–Trinajstić information content (AvgIpc) is 2.81. The van der Waals surface area contributed by atoms with Crippen molar-refractivity contribution in [2.24, 2.45) is 0 Å². The Bertz CT molecular complexity index is 291. The van der Waals surface area contributed by atoms with Crippen LogP contribution in [0.5, 0.6) is 0 Å². The summed E-state index contributed by atoms with van der Waals surface area (Å²) in [6.07, 6.45) is 5.08. The van der Waals surface area contributed by atoms with E-state index >= 15 is 0 Å². The van der Waals surface area contributed by atoms with E-state index in [4.69, 9.17) is 11.6 Å². The molecule has 0 heterocycles. The first-order valence-electron chi connectivity index (χ1n) is 6.43. The van der Waals surface area contributed by atoms with Crippen LogP contribution in [0.1, 0.15) is 32.6 Å². The zero-order valence-electron chi connectivity index (χ0n) is 11.0. The molecule has 0 saturated heterocycles. The van der Waals surface area contributed by atoms with Gasteiger partial charge in [0, 0.05) is 19.1 Å². The van der Waals surface area contributed by atoms with Gasteiger partial charge in [0.25, 0.3) is 0 Å². The molecule has 18 heavy (non-hydrogen) atoms. The molecule has 2 N–H and O–H groups in total. The van der Waals surface area contributed by atoms with Gasteiger partial charge in [-0.3, -0.25) is 10.1 Å². The van der Waals surface area contributed by atoms with Crippen LogP contribution in [0.15, 0.2) is 0 Å². The van der Waals surface area contributed by atoms with Gasteiger partial charge in [-0.05, 0) is 26.8 Å². The summed E-state index contributed by atoms with van der Waals surface area (Å²) in [6.45, 7) is 2.85. The topological polar surface area (TPSA) is 61.4 Å². The summed E-state index contributed by atoms with van der Waals surface area (Å²) < 4.78 is 0. The van der Waals surface area contributed by atoms with E-state index in [0.29, 0.717) is 12.6 Å². The number of carbonyl (C=O) groups is 2. The second-order valence-electron chi connectivity index (χ2n) is 4.78. The number of carbonyl (C=O) groups excluding carboxylic acids is 2. The highest BCUT2D eigenvalue weighted by Crippen LogP contribution is 2.21. The lowest BCUT2D eigenvalue weighted by molar-refractivity contribution is -0.119. The van der Waals surface area contributed by atoms with Crippen molar-refractivity contribution < 1.29 is 9.59 Å². The van der Waals surface area contributed by atoms with Crippen molar-refractivity contribution >= 4 is 23.5 Å². The van der Waals surface area contributed by atoms with Gasteiger partial charge in [0.15, 0.2) is 0 Å². The predicted octanol–water partition coefficient (Wildman–Crippen LogP) is 1.31. The third kappa shape index (κ3) is 5.23. The summed E-state index contributed by atoms with van der Waals surface area (Å²) in [4.78, 5) is 24.7. The summed E-state index contributed by atoms with van der Waals surface area (Å²) in [5.41, 5.74) is 0. The third-order valence-corrected chi connectivity index (χ3v) is 3.49. The zero-order valence-corrected chi connectivity index (χ0v) is 11.8. The van der Waals surface area contributed by atoms with Gasteiger partial charge in [0.1, 0.15) is 5.38 Å². The Morgan fingerprint density at radius 1 is 1.39 bits per heavy atom. The third-order valence-electron chi connectivity index (χ3n) is 3.30. The number of nitrogens with one attached hydrogen (secondary N) is 2. The van der Waals surface area contributed by atoms with Crippen LogP contribution in [0.3, 0.4) is 0 Å². The minimum Gasteiger partial charge on any atom is -0.337 e. The largest absolute Gasteiger partial charge is 0.337 e. The fraction of sp³-hybridized carbons (Fsp3) is 0.833. The van der Waals surface area contributed by atoms with Crippen LogP contribution in [-0.2, 0) is 4.79 Å². The van der Waals surface area contributed by atoms with E-state index in [0.717, 1.165) is 6.54 Å². The summed E-state index contributed by atoms with van der Waals surface area (Å²) in [6, 6.07) is 0.159. The lowest BCUT2D eigenvalue weighted by Gasteiger charge is -2.23. The molecule has 0 aromatic carbocycles. The summed E-state index contributed by atoms with van der Waals surface area (Å²) in [5, 5.41) is 4.14. The van der Waals surface area contributed by atoms with Crippen LogP contribution in [0.4, 0.5) is 4.79 Å². The van der Waals surface area contributed by atoms with Gasteiger partial charge < -0.3 is 10.2 Å². The van der Waals surface area contributed by atoms with Crippen molar-refractivity contribution in [1.29, 1.82) is 0 Å². The van der Waals surface area contributed by atoms with Gasteiger partial charge in [-0.2, -0.15) is 0 Å². The van der Waals surface area contributed by atoms with Crippen molar-refractivity contribution in [2.75, 3.05) is 20.1 Å². The molecule has 1 atom stereocenters. The molecular formula is C12H22ClN3O2. The van der Waals surface area contributed by atoms with E-state index < -0.39 is 17.3 Å². The molecule has 1 aliphatic rings. The van der Waals surface area contributed by atoms with E-state index in [9.17, 15) is 9.59 Å². The molecule has 1 saturated carbocycles. The molecule has 0 aromatic rings. The highest BCUT2D eigenvalue weighted by Gasteiger charge is 2.19. The number of likely N-dealkylation sites (N-methyl/N-ethyl adjacent to an activating group) is 1. The predicted molar refractivity (Wildman–Crippen MR) is 71.7 cm³/mol. The monoisotopic (exact) mass is 275 g/mol. The van der Waals surface area contributed by atoms with Crippen molar-refractivity contribution in [3.8, 4) is 0 Å². The van der Waals surface area contributed by atoms with Crippen LogP contribution in [0, 0.1) is 0 Å². The van der Waals surface area contributed by atoms with Gasteiger partial charge in [-0.25, -0.2) is 4.79 Å². The van der Waals surface area contributed by atoms with Gasteiger partial charge in [0.05, 0.1) is 0 Å². The highest BCUT2D eigenvalue weighted by molar-refractivity contribution is 6.31. The molecule has 0 bridgehead atoms. The first-order valence-corrected chi connectivity index (χ1v) is 6.87. The number of urea groups is 1. The Kier molecular flexibility index (Phi) is 6.43. The van der Waals surface area contributed by atoms with Crippen LogP contribution in [0.2, 0.25) is 0 Å². The molecule has 3 amide bonds. The standard InChI is InChI=1S/C12H22ClN3O2/c1-9(13)11(17)15-12(18)14-7-8-16(2)10-5-3-4-6-10/h9-10H,3-8H2,1-2H3,(H2,14,15,17,18). The molecule has 0 aromatic heterocycles. The molecule has 1 unspecified atom stereocenters. The Labute approximate surface area is 113 Å². The Morgan fingerprint density at radius 2 is 2.00 bits per heavy atom. The van der Waals surface area contributed by atoms with Crippen molar-refractivity contribution in [1.82, 2.24) is 15.5 Å². The average molecular weight is 276 g/mol.